The molecule has 0 fully saturated rings. The van der Waals surface area contributed by atoms with Gasteiger partial charge in [0.15, 0.2) is 11.5 Å². The Bertz CT molecular complexity index is 1100. The molecule has 1 heterocycles. The molecular formula is C23H18I2N2O4. The van der Waals surface area contributed by atoms with Gasteiger partial charge in [-0.05, 0) is 86.1 Å². The summed E-state index contributed by atoms with van der Waals surface area (Å²) in [5.41, 5.74) is 5.40. The third-order valence-corrected chi connectivity index (χ3v) is 6.05. The maximum Gasteiger partial charge on any atom is 0.244 e. The summed E-state index contributed by atoms with van der Waals surface area (Å²) in [5, 5.41) is 4.09. The first-order valence-electron chi connectivity index (χ1n) is 9.45. The third-order valence-electron chi connectivity index (χ3n) is 4.45. The number of carbonyl (C=O) groups is 1. The minimum Gasteiger partial charge on any atom is -0.487 e. The van der Waals surface area contributed by atoms with E-state index in [1.807, 2.05) is 54.6 Å². The van der Waals surface area contributed by atoms with E-state index >= 15 is 0 Å². The van der Waals surface area contributed by atoms with Crippen LogP contribution in [-0.2, 0) is 17.8 Å². The molecule has 0 bridgehead atoms. The quantitative estimate of drug-likeness (QED) is 0.227. The zero-order valence-electron chi connectivity index (χ0n) is 16.3. The number of fused-ring (bicyclic) bond motifs is 1. The molecule has 8 heteroatoms. The van der Waals surface area contributed by atoms with Crippen LogP contribution >= 0.6 is 45.2 Å². The van der Waals surface area contributed by atoms with Crippen molar-refractivity contribution in [2.45, 2.75) is 13.0 Å². The molecule has 0 radical (unpaired) electrons. The Morgan fingerprint density at radius 2 is 1.74 bits per heavy atom. The summed E-state index contributed by atoms with van der Waals surface area (Å²) in [6, 6.07) is 19.4. The van der Waals surface area contributed by atoms with Crippen LogP contribution in [0.25, 0.3) is 0 Å². The van der Waals surface area contributed by atoms with Crippen molar-refractivity contribution in [2.24, 2.45) is 5.10 Å². The molecular weight excluding hydrogens is 622 g/mol. The summed E-state index contributed by atoms with van der Waals surface area (Å²) in [4.78, 5) is 12.2. The molecule has 0 saturated carbocycles. The number of nitrogens with zero attached hydrogens (tertiary/aromatic N) is 1. The fourth-order valence-electron chi connectivity index (χ4n) is 2.98. The van der Waals surface area contributed by atoms with Gasteiger partial charge in [0.1, 0.15) is 12.4 Å². The van der Waals surface area contributed by atoms with E-state index in [0.29, 0.717) is 18.1 Å². The number of amides is 1. The Morgan fingerprint density at radius 1 is 1.00 bits per heavy atom. The lowest BCUT2D eigenvalue weighted by molar-refractivity contribution is -0.120. The van der Waals surface area contributed by atoms with E-state index < -0.39 is 0 Å². The highest BCUT2D eigenvalue weighted by atomic mass is 127. The molecule has 0 saturated heterocycles. The van der Waals surface area contributed by atoms with Gasteiger partial charge in [-0.25, -0.2) is 5.43 Å². The number of rotatable bonds is 7. The van der Waals surface area contributed by atoms with Gasteiger partial charge in [0, 0.05) is 0 Å². The molecule has 0 aromatic heterocycles. The molecule has 0 unspecified atom stereocenters. The fraction of sp³-hybridized carbons (Fsp3) is 0.130. The lowest BCUT2D eigenvalue weighted by Gasteiger charge is -2.11. The van der Waals surface area contributed by atoms with Gasteiger partial charge in [0.2, 0.25) is 12.7 Å². The van der Waals surface area contributed by atoms with Gasteiger partial charge in [-0.1, -0.05) is 36.4 Å². The second kappa shape index (κ2) is 10.3. The molecule has 3 aromatic rings. The van der Waals surface area contributed by atoms with E-state index in [9.17, 15) is 4.79 Å². The summed E-state index contributed by atoms with van der Waals surface area (Å²) in [6.07, 6.45) is 1.83. The first kappa shape index (κ1) is 21.9. The molecule has 1 aliphatic heterocycles. The number of halogens is 2. The van der Waals surface area contributed by atoms with E-state index in [-0.39, 0.29) is 19.1 Å². The third kappa shape index (κ3) is 5.88. The maximum atomic E-state index is 12.2. The summed E-state index contributed by atoms with van der Waals surface area (Å²) >= 11 is 4.50. The molecule has 3 aromatic carbocycles. The molecule has 4 rings (SSSR count). The lowest BCUT2D eigenvalue weighted by Crippen LogP contribution is -2.19. The van der Waals surface area contributed by atoms with Gasteiger partial charge in [0.05, 0.1) is 19.8 Å². The normalized spacial score (nSPS) is 12.2. The van der Waals surface area contributed by atoms with Crippen molar-refractivity contribution in [1.29, 1.82) is 0 Å². The number of hydrazone groups is 1. The highest BCUT2D eigenvalue weighted by Gasteiger charge is 2.14. The molecule has 158 valence electrons. The van der Waals surface area contributed by atoms with Crippen LogP contribution in [0, 0.1) is 7.14 Å². The van der Waals surface area contributed by atoms with Gasteiger partial charge in [-0.3, -0.25) is 4.79 Å². The summed E-state index contributed by atoms with van der Waals surface area (Å²) in [6.45, 7) is 0.721. The molecule has 1 amide bonds. The van der Waals surface area contributed by atoms with Gasteiger partial charge < -0.3 is 14.2 Å². The molecule has 1 N–H and O–H groups in total. The maximum absolute atomic E-state index is 12.2. The average Bonchev–Trinajstić information content (AvgIpc) is 3.22. The summed E-state index contributed by atoms with van der Waals surface area (Å²) < 4.78 is 18.6. The summed E-state index contributed by atoms with van der Waals surface area (Å²) in [7, 11) is 0. The first-order chi connectivity index (χ1) is 15.1. The van der Waals surface area contributed by atoms with Crippen molar-refractivity contribution >= 4 is 57.3 Å². The minimum atomic E-state index is -0.206. The second-order valence-electron chi connectivity index (χ2n) is 6.75. The number of nitrogens with one attached hydrogen (secondary N) is 1. The van der Waals surface area contributed by atoms with Crippen molar-refractivity contribution in [1.82, 2.24) is 5.43 Å². The Kier molecular flexibility index (Phi) is 7.28. The molecule has 0 aliphatic carbocycles. The minimum absolute atomic E-state index is 0.204. The van der Waals surface area contributed by atoms with E-state index in [0.717, 1.165) is 29.6 Å². The van der Waals surface area contributed by atoms with Gasteiger partial charge in [-0.15, -0.1) is 0 Å². The SMILES string of the molecule is O=C(Cc1ccc2c(c1)OCO2)N/N=C\c1cc(I)c(OCc2ccccc2)c(I)c1. The van der Waals surface area contributed by atoms with Gasteiger partial charge in [0.25, 0.3) is 0 Å². The Hall–Kier alpha value is -2.34. The van der Waals surface area contributed by atoms with Crippen molar-refractivity contribution in [2.75, 3.05) is 6.79 Å². The van der Waals surface area contributed by atoms with Crippen LogP contribution in [0.15, 0.2) is 65.8 Å². The Balaban J connectivity index is 1.33. The Labute approximate surface area is 207 Å². The van der Waals surface area contributed by atoms with Crippen molar-refractivity contribution in [3.63, 3.8) is 0 Å². The molecule has 0 atom stereocenters. The molecule has 0 spiro atoms. The van der Waals surface area contributed by atoms with E-state index in [4.69, 9.17) is 14.2 Å². The Morgan fingerprint density at radius 3 is 2.52 bits per heavy atom. The highest BCUT2D eigenvalue weighted by molar-refractivity contribution is 14.1. The molecule has 1 aliphatic rings. The van der Waals surface area contributed by atoms with Crippen LogP contribution in [0.1, 0.15) is 16.7 Å². The number of carbonyl (C=O) groups excluding carboxylic acids is 1. The van der Waals surface area contributed by atoms with E-state index in [1.165, 1.54) is 0 Å². The first-order valence-corrected chi connectivity index (χ1v) is 11.6. The summed E-state index contributed by atoms with van der Waals surface area (Å²) in [5.74, 6) is 1.99. The lowest BCUT2D eigenvalue weighted by atomic mass is 10.1. The number of hydrogen-bond donors (Lipinski definition) is 1. The van der Waals surface area contributed by atoms with Crippen molar-refractivity contribution in [3.8, 4) is 17.2 Å². The number of hydrogen-bond acceptors (Lipinski definition) is 5. The van der Waals surface area contributed by atoms with Crippen LogP contribution in [0.3, 0.4) is 0 Å². The standard InChI is InChI=1S/C23H18I2N2O4/c24-18-8-17(9-19(25)23(18)29-13-15-4-2-1-3-5-15)12-26-27-22(28)11-16-6-7-20-21(10-16)31-14-30-20/h1-10,12H,11,13-14H2,(H,27,28)/b26-12-. The zero-order valence-corrected chi connectivity index (χ0v) is 20.6. The average molecular weight is 640 g/mol. The molecule has 6 nitrogen and oxygen atoms in total. The van der Waals surface area contributed by atoms with Crippen molar-refractivity contribution in [3.05, 3.63) is 84.5 Å². The van der Waals surface area contributed by atoms with Crippen LogP contribution in [0.2, 0.25) is 0 Å². The smallest absolute Gasteiger partial charge is 0.244 e. The predicted molar refractivity (Wildman–Crippen MR) is 135 cm³/mol. The fourth-order valence-corrected chi connectivity index (χ4v) is 5.10. The van der Waals surface area contributed by atoms with Gasteiger partial charge >= 0.3 is 0 Å². The van der Waals surface area contributed by atoms with Crippen LogP contribution in [-0.4, -0.2) is 18.9 Å². The topological polar surface area (TPSA) is 69.2 Å². The van der Waals surface area contributed by atoms with Crippen LogP contribution < -0.4 is 19.6 Å². The van der Waals surface area contributed by atoms with E-state index in [2.05, 4.69) is 55.7 Å². The predicted octanol–water partition coefficient (Wildman–Crippen LogP) is 4.90. The second-order valence-corrected chi connectivity index (χ2v) is 9.07. The van der Waals surface area contributed by atoms with Crippen LogP contribution in [0.5, 0.6) is 17.2 Å². The highest BCUT2D eigenvalue weighted by Crippen LogP contribution is 2.32. The molecule has 31 heavy (non-hydrogen) atoms. The van der Waals surface area contributed by atoms with Crippen molar-refractivity contribution < 1.29 is 19.0 Å². The van der Waals surface area contributed by atoms with Gasteiger partial charge in [-0.2, -0.15) is 5.10 Å². The van der Waals surface area contributed by atoms with Crippen LogP contribution in [0.4, 0.5) is 0 Å². The monoisotopic (exact) mass is 640 g/mol. The number of benzene rings is 3. The van der Waals surface area contributed by atoms with E-state index in [1.54, 1.807) is 12.3 Å². The zero-order chi connectivity index (χ0) is 21.6. The largest absolute Gasteiger partial charge is 0.487 e. The number of ether oxygens (including phenoxy) is 3.